The Labute approximate surface area is 203 Å². The summed E-state index contributed by atoms with van der Waals surface area (Å²) < 4.78 is 67.8. The average Bonchev–Trinajstić information content (AvgIpc) is 3.62. The number of nitrogens with zero attached hydrogens (tertiary/aromatic N) is 3. The van der Waals surface area contributed by atoms with E-state index in [0.717, 1.165) is 29.2 Å². The van der Waals surface area contributed by atoms with E-state index in [1.54, 1.807) is 30.3 Å². The molecule has 1 aliphatic carbocycles. The molecule has 1 saturated carbocycles. The molecule has 2 aliphatic rings. The smallest absolute Gasteiger partial charge is 0.455 e. The third-order valence-electron chi connectivity index (χ3n) is 6.14. The number of carbonyl (C=O) groups is 2. The summed E-state index contributed by atoms with van der Waals surface area (Å²) in [4.78, 5) is 32.0. The van der Waals surface area contributed by atoms with Gasteiger partial charge in [-0.1, -0.05) is 18.2 Å². The number of halogens is 3. The molecule has 3 aromatic rings. The largest absolute Gasteiger partial charge is 0.501 e. The first-order chi connectivity index (χ1) is 17.0. The Morgan fingerprint density at radius 2 is 1.64 bits per heavy atom. The molecule has 3 amide bonds. The Morgan fingerprint density at radius 3 is 2.25 bits per heavy atom. The Hall–Kier alpha value is -3.93. The van der Waals surface area contributed by atoms with Gasteiger partial charge in [-0.05, 0) is 55.3 Å². The second-order valence-electron chi connectivity index (χ2n) is 8.38. The van der Waals surface area contributed by atoms with Crippen molar-refractivity contribution in [1.82, 2.24) is 9.88 Å². The average molecular weight is 517 g/mol. The lowest BCUT2D eigenvalue weighted by atomic mass is 10.2. The first kappa shape index (κ1) is 23.8. The molecule has 186 valence electrons. The van der Waals surface area contributed by atoms with Gasteiger partial charge in [0, 0.05) is 11.8 Å². The normalized spacial score (nSPS) is 17.1. The number of alkyl halides is 3. The highest BCUT2D eigenvalue weighted by Gasteiger charge is 2.65. The zero-order valence-electron chi connectivity index (χ0n) is 18.5. The van der Waals surface area contributed by atoms with Gasteiger partial charge in [0.2, 0.25) is 0 Å². The van der Waals surface area contributed by atoms with Crippen LogP contribution >= 0.6 is 0 Å². The summed E-state index contributed by atoms with van der Waals surface area (Å²) in [6.45, 7) is 0.0340. The molecule has 0 N–H and O–H groups in total. The van der Waals surface area contributed by atoms with Crippen LogP contribution in [0.1, 0.15) is 18.4 Å². The predicted octanol–water partition coefficient (Wildman–Crippen LogP) is 4.67. The Bertz CT molecular complexity index is 1440. The van der Waals surface area contributed by atoms with E-state index in [4.69, 9.17) is 4.74 Å². The van der Waals surface area contributed by atoms with Crippen LogP contribution in [0.2, 0.25) is 0 Å². The van der Waals surface area contributed by atoms with E-state index in [2.05, 4.69) is 4.98 Å². The summed E-state index contributed by atoms with van der Waals surface area (Å²) in [6.07, 6.45) is 3.89. The van der Waals surface area contributed by atoms with Crippen molar-refractivity contribution in [2.75, 3.05) is 4.90 Å². The van der Waals surface area contributed by atoms with Crippen molar-refractivity contribution < 1.29 is 35.9 Å². The second kappa shape index (κ2) is 8.33. The summed E-state index contributed by atoms with van der Waals surface area (Å²) in [6, 6.07) is 13.5. The highest BCUT2D eigenvalue weighted by Crippen LogP contribution is 2.50. The lowest BCUT2D eigenvalue weighted by Crippen LogP contribution is -2.36. The molecule has 0 atom stereocenters. The summed E-state index contributed by atoms with van der Waals surface area (Å²) >= 11 is 0. The molecular weight excluding hydrogens is 499 g/mol. The van der Waals surface area contributed by atoms with E-state index in [9.17, 15) is 31.2 Å². The number of anilines is 1. The van der Waals surface area contributed by atoms with Gasteiger partial charge >= 0.3 is 11.5 Å². The molecule has 2 aromatic carbocycles. The zero-order chi connectivity index (χ0) is 25.7. The van der Waals surface area contributed by atoms with Gasteiger partial charge in [0.15, 0.2) is 5.75 Å². The number of carbonyl (C=O) groups excluding carboxylic acids is 2. The van der Waals surface area contributed by atoms with Crippen molar-refractivity contribution in [3.8, 4) is 11.5 Å². The highest BCUT2D eigenvalue weighted by molar-refractivity contribution is 7.92. The fourth-order valence-electron chi connectivity index (χ4n) is 4.09. The molecular formula is C24H18F3N3O5S. The molecule has 8 nitrogen and oxygen atoms in total. The van der Waals surface area contributed by atoms with E-state index in [-0.39, 0.29) is 12.2 Å². The number of para-hydroxylation sites is 1. The number of imide groups is 1. The molecule has 2 heterocycles. The maximum Gasteiger partial charge on any atom is 0.501 e. The van der Waals surface area contributed by atoms with E-state index in [0.29, 0.717) is 29.9 Å². The van der Waals surface area contributed by atoms with Crippen LogP contribution in [0.4, 0.5) is 23.7 Å². The van der Waals surface area contributed by atoms with Gasteiger partial charge in [0.05, 0.1) is 23.3 Å². The molecule has 5 rings (SSSR count). The van der Waals surface area contributed by atoms with Crippen LogP contribution in [0.15, 0.2) is 78.0 Å². The topological polar surface area (TPSA) is 96.9 Å². The van der Waals surface area contributed by atoms with Crippen LogP contribution in [0.3, 0.4) is 0 Å². The first-order valence-electron chi connectivity index (χ1n) is 10.8. The Balaban J connectivity index is 1.42. The van der Waals surface area contributed by atoms with Crippen LogP contribution in [-0.2, 0) is 21.2 Å². The van der Waals surface area contributed by atoms with E-state index >= 15 is 0 Å². The number of sulfone groups is 1. The van der Waals surface area contributed by atoms with Crippen molar-refractivity contribution >= 4 is 27.5 Å². The SMILES string of the molecule is O=C1N(c2ccc(S(=O)(=O)C(F)(F)F)cc2)C(=O)C2(CC2)N1Cc1ccncc1Oc1ccccc1. The Morgan fingerprint density at radius 1 is 0.972 bits per heavy atom. The third kappa shape index (κ3) is 3.87. The van der Waals surface area contributed by atoms with Crippen molar-refractivity contribution in [1.29, 1.82) is 0 Å². The standard InChI is InChI=1S/C24H18F3N3O5S/c25-24(26,27)36(33,34)19-8-6-17(7-9-19)30-21(31)23(11-12-23)29(22(30)32)15-16-10-13-28-14-20(16)35-18-4-2-1-3-5-18/h1-10,13-14H,11-12,15H2. The minimum absolute atomic E-state index is 0.0182. The summed E-state index contributed by atoms with van der Waals surface area (Å²) in [5, 5.41) is 0. The van der Waals surface area contributed by atoms with Gasteiger partial charge in [-0.3, -0.25) is 9.78 Å². The number of ether oxygens (including phenoxy) is 1. The minimum Gasteiger partial charge on any atom is -0.455 e. The van der Waals surface area contributed by atoms with Crippen molar-refractivity contribution in [2.45, 2.75) is 35.3 Å². The minimum atomic E-state index is -5.55. The van der Waals surface area contributed by atoms with Crippen LogP contribution in [-0.4, -0.2) is 41.3 Å². The number of pyridine rings is 1. The highest BCUT2D eigenvalue weighted by atomic mass is 32.2. The number of amides is 3. The van der Waals surface area contributed by atoms with Crippen LogP contribution in [0, 0.1) is 0 Å². The van der Waals surface area contributed by atoms with Crippen LogP contribution in [0.5, 0.6) is 11.5 Å². The lowest BCUT2D eigenvalue weighted by Gasteiger charge is -2.22. The van der Waals surface area contributed by atoms with Crippen molar-refractivity contribution in [3.05, 3.63) is 78.6 Å². The van der Waals surface area contributed by atoms with Gasteiger partial charge in [0.1, 0.15) is 11.3 Å². The van der Waals surface area contributed by atoms with E-state index in [1.165, 1.54) is 17.3 Å². The molecule has 2 fully saturated rings. The zero-order valence-corrected chi connectivity index (χ0v) is 19.3. The summed E-state index contributed by atoms with van der Waals surface area (Å²) in [7, 11) is -5.55. The van der Waals surface area contributed by atoms with E-state index in [1.807, 2.05) is 6.07 Å². The summed E-state index contributed by atoms with van der Waals surface area (Å²) in [5.41, 5.74) is -5.95. The predicted molar refractivity (Wildman–Crippen MR) is 121 cm³/mol. The van der Waals surface area contributed by atoms with Gasteiger partial charge in [-0.25, -0.2) is 18.1 Å². The lowest BCUT2D eigenvalue weighted by molar-refractivity contribution is -0.120. The molecule has 1 spiro atoms. The molecule has 1 aromatic heterocycles. The number of aromatic nitrogens is 1. The number of urea groups is 1. The monoisotopic (exact) mass is 517 g/mol. The molecule has 36 heavy (non-hydrogen) atoms. The fraction of sp³-hybridized carbons (Fsp3) is 0.208. The fourth-order valence-corrected chi connectivity index (χ4v) is 4.85. The quantitative estimate of drug-likeness (QED) is 0.441. The van der Waals surface area contributed by atoms with Crippen molar-refractivity contribution in [2.24, 2.45) is 0 Å². The van der Waals surface area contributed by atoms with Crippen LogP contribution < -0.4 is 9.64 Å². The van der Waals surface area contributed by atoms with Crippen molar-refractivity contribution in [3.63, 3.8) is 0 Å². The maximum absolute atomic E-state index is 13.4. The molecule has 12 heteroatoms. The molecule has 0 radical (unpaired) electrons. The van der Waals surface area contributed by atoms with Gasteiger partial charge in [-0.2, -0.15) is 13.2 Å². The Kier molecular flexibility index (Phi) is 5.51. The number of hydrogen-bond acceptors (Lipinski definition) is 6. The molecule has 1 saturated heterocycles. The second-order valence-corrected chi connectivity index (χ2v) is 10.3. The third-order valence-corrected chi connectivity index (χ3v) is 7.65. The number of hydrogen-bond donors (Lipinski definition) is 0. The molecule has 0 unspecified atom stereocenters. The van der Waals surface area contributed by atoms with Crippen LogP contribution in [0.25, 0.3) is 0 Å². The van der Waals surface area contributed by atoms with Gasteiger partial charge in [-0.15, -0.1) is 0 Å². The molecule has 1 aliphatic heterocycles. The van der Waals surface area contributed by atoms with E-state index < -0.39 is 37.7 Å². The van der Waals surface area contributed by atoms with Gasteiger partial charge in [0.25, 0.3) is 15.7 Å². The first-order valence-corrected chi connectivity index (χ1v) is 12.3. The summed E-state index contributed by atoms with van der Waals surface area (Å²) in [5.74, 6) is 0.450. The number of benzene rings is 2. The maximum atomic E-state index is 13.4. The molecule has 0 bridgehead atoms. The number of rotatable bonds is 6. The van der Waals surface area contributed by atoms with Gasteiger partial charge < -0.3 is 9.64 Å².